The third kappa shape index (κ3) is 6.43. The Hall–Kier alpha value is -2.13. The average Bonchev–Trinajstić information content (AvgIpc) is 2.74. The molecule has 0 spiro atoms. The molecular weight excluding hydrogens is 438 g/mol. The van der Waals surface area contributed by atoms with Crippen LogP contribution in [0.25, 0.3) is 0 Å². The Kier molecular flexibility index (Phi) is 9.31. The van der Waals surface area contributed by atoms with Crippen LogP contribution in [0.5, 0.6) is 5.75 Å². The summed E-state index contributed by atoms with van der Waals surface area (Å²) in [5, 5.41) is 6.50. The van der Waals surface area contributed by atoms with E-state index in [4.69, 9.17) is 16.3 Å². The first kappa shape index (κ1) is 25.1. The van der Waals surface area contributed by atoms with Crippen molar-refractivity contribution in [2.45, 2.75) is 38.6 Å². The fourth-order valence-electron chi connectivity index (χ4n) is 3.15. The van der Waals surface area contributed by atoms with Crippen LogP contribution in [0.15, 0.2) is 47.4 Å². The van der Waals surface area contributed by atoms with Crippen molar-refractivity contribution in [2.75, 3.05) is 31.6 Å². The molecule has 0 aliphatic carbocycles. The molecule has 9 heteroatoms. The van der Waals surface area contributed by atoms with Crippen LogP contribution >= 0.6 is 11.6 Å². The summed E-state index contributed by atoms with van der Waals surface area (Å²) >= 11 is 6.20. The quantitative estimate of drug-likeness (QED) is 0.520. The van der Waals surface area contributed by atoms with Crippen LogP contribution in [0.3, 0.4) is 0 Å². The number of halogens is 1. The van der Waals surface area contributed by atoms with E-state index in [0.717, 1.165) is 5.56 Å². The summed E-state index contributed by atoms with van der Waals surface area (Å²) in [7, 11) is -3.75. The van der Waals surface area contributed by atoms with Gasteiger partial charge in [-0.25, -0.2) is 8.42 Å². The highest BCUT2D eigenvalue weighted by molar-refractivity contribution is 7.89. The predicted octanol–water partition coefficient (Wildman–Crippen LogP) is 4.06. The van der Waals surface area contributed by atoms with Gasteiger partial charge in [-0.3, -0.25) is 4.79 Å². The highest BCUT2D eigenvalue weighted by atomic mass is 35.5. The zero-order valence-electron chi connectivity index (χ0n) is 18.3. The molecule has 0 bridgehead atoms. The summed E-state index contributed by atoms with van der Waals surface area (Å²) in [4.78, 5) is 12.5. The Balaban J connectivity index is 2.16. The molecule has 0 radical (unpaired) electrons. The first-order chi connectivity index (χ1) is 14.7. The number of rotatable bonds is 11. The lowest BCUT2D eigenvalue weighted by atomic mass is 10.1. The fraction of sp³-hybridized carbons (Fsp3) is 0.409. The van der Waals surface area contributed by atoms with Crippen molar-refractivity contribution in [3.63, 3.8) is 0 Å². The van der Waals surface area contributed by atoms with Crippen molar-refractivity contribution in [3.8, 4) is 5.75 Å². The van der Waals surface area contributed by atoms with Gasteiger partial charge in [0.2, 0.25) is 15.9 Å². The molecule has 0 aromatic heterocycles. The molecule has 2 N–H and O–H groups in total. The van der Waals surface area contributed by atoms with E-state index >= 15 is 0 Å². The maximum atomic E-state index is 13.0. The summed E-state index contributed by atoms with van der Waals surface area (Å²) in [6.45, 7) is 8.30. The van der Waals surface area contributed by atoms with Crippen LogP contribution in [0.1, 0.15) is 39.3 Å². The molecule has 0 heterocycles. The second-order valence-electron chi connectivity index (χ2n) is 6.86. The molecular formula is C22H30ClN3O4S. The topological polar surface area (TPSA) is 87.7 Å². The number of nitrogens with one attached hydrogen (secondary N) is 2. The number of sulfonamides is 1. The molecule has 2 aromatic carbocycles. The van der Waals surface area contributed by atoms with Gasteiger partial charge in [0.15, 0.2) is 0 Å². The average molecular weight is 468 g/mol. The lowest BCUT2D eigenvalue weighted by molar-refractivity contribution is -0.115. The van der Waals surface area contributed by atoms with Gasteiger partial charge in [0.05, 0.1) is 13.2 Å². The Bertz CT molecular complexity index is 994. The maximum Gasteiger partial charge on any atom is 0.246 e. The lowest BCUT2D eigenvalue weighted by Crippen LogP contribution is -2.31. The van der Waals surface area contributed by atoms with E-state index in [-0.39, 0.29) is 29.1 Å². The van der Waals surface area contributed by atoms with Gasteiger partial charge in [0, 0.05) is 29.8 Å². The van der Waals surface area contributed by atoms with Gasteiger partial charge in [-0.2, -0.15) is 4.31 Å². The molecule has 2 aromatic rings. The largest absolute Gasteiger partial charge is 0.492 e. The molecule has 170 valence electrons. The second-order valence-corrected chi connectivity index (χ2v) is 9.17. The summed E-state index contributed by atoms with van der Waals surface area (Å²) in [5.41, 5.74) is 1.28. The first-order valence-electron chi connectivity index (χ1n) is 10.3. The Morgan fingerprint density at radius 3 is 2.42 bits per heavy atom. The smallest absolute Gasteiger partial charge is 0.246 e. The van der Waals surface area contributed by atoms with Crippen molar-refractivity contribution < 1.29 is 17.9 Å². The highest BCUT2D eigenvalue weighted by Gasteiger charge is 2.26. The number of ether oxygens (including phenoxy) is 1. The zero-order valence-corrected chi connectivity index (χ0v) is 19.9. The van der Waals surface area contributed by atoms with Gasteiger partial charge in [-0.1, -0.05) is 43.6 Å². The SMILES string of the molecule is CCOc1ccc(NC(=O)CNC(C)c2ccccc2Cl)cc1S(=O)(=O)N(CC)CC. The molecule has 0 saturated carbocycles. The minimum absolute atomic E-state index is 0.0354. The molecule has 7 nitrogen and oxygen atoms in total. The minimum Gasteiger partial charge on any atom is -0.492 e. The summed E-state index contributed by atoms with van der Waals surface area (Å²) in [6, 6.07) is 11.9. The summed E-state index contributed by atoms with van der Waals surface area (Å²) < 4.78 is 32.9. The number of anilines is 1. The van der Waals surface area contributed by atoms with Crippen molar-refractivity contribution in [1.29, 1.82) is 0 Å². The second kappa shape index (κ2) is 11.5. The maximum absolute atomic E-state index is 13.0. The molecule has 0 aliphatic rings. The Morgan fingerprint density at radius 2 is 1.81 bits per heavy atom. The number of carbonyl (C=O) groups excluding carboxylic acids is 1. The first-order valence-corrected chi connectivity index (χ1v) is 12.1. The minimum atomic E-state index is -3.75. The van der Waals surface area contributed by atoms with E-state index in [0.29, 0.717) is 30.4 Å². The van der Waals surface area contributed by atoms with Gasteiger partial charge >= 0.3 is 0 Å². The molecule has 1 atom stereocenters. The van der Waals surface area contributed by atoms with Crippen molar-refractivity contribution in [2.24, 2.45) is 0 Å². The van der Waals surface area contributed by atoms with Crippen molar-refractivity contribution >= 4 is 33.2 Å². The highest BCUT2D eigenvalue weighted by Crippen LogP contribution is 2.30. The van der Waals surface area contributed by atoms with Gasteiger partial charge in [-0.05, 0) is 43.7 Å². The number of carbonyl (C=O) groups is 1. The van der Waals surface area contributed by atoms with Crippen LogP contribution < -0.4 is 15.4 Å². The van der Waals surface area contributed by atoms with Gasteiger partial charge in [0.1, 0.15) is 10.6 Å². The van der Waals surface area contributed by atoms with Crippen LogP contribution in [0.2, 0.25) is 5.02 Å². The molecule has 0 aliphatic heterocycles. The fourth-order valence-corrected chi connectivity index (χ4v) is 5.07. The standard InChI is InChI=1S/C22H30ClN3O4S/c1-5-26(6-2)31(28,29)21-14-17(12-13-20(21)30-7-3)25-22(27)15-24-16(4)18-10-8-9-11-19(18)23/h8-14,16,24H,5-7,15H2,1-4H3,(H,25,27). The molecule has 0 fully saturated rings. The zero-order chi connectivity index (χ0) is 23.0. The van der Waals surface area contributed by atoms with E-state index in [2.05, 4.69) is 10.6 Å². The van der Waals surface area contributed by atoms with E-state index in [1.54, 1.807) is 39.0 Å². The van der Waals surface area contributed by atoms with Crippen LogP contribution in [0.4, 0.5) is 5.69 Å². The van der Waals surface area contributed by atoms with Crippen LogP contribution in [0, 0.1) is 0 Å². The Morgan fingerprint density at radius 1 is 1.13 bits per heavy atom. The van der Waals surface area contributed by atoms with Gasteiger partial charge < -0.3 is 15.4 Å². The van der Waals surface area contributed by atoms with E-state index in [9.17, 15) is 13.2 Å². The third-order valence-electron chi connectivity index (χ3n) is 4.79. The number of amides is 1. The third-order valence-corrected chi connectivity index (χ3v) is 7.21. The number of nitrogens with zero attached hydrogens (tertiary/aromatic N) is 1. The van der Waals surface area contributed by atoms with Crippen molar-refractivity contribution in [1.82, 2.24) is 9.62 Å². The van der Waals surface area contributed by atoms with Crippen molar-refractivity contribution in [3.05, 3.63) is 53.1 Å². The van der Waals surface area contributed by atoms with E-state index in [1.165, 1.54) is 10.4 Å². The molecule has 1 unspecified atom stereocenters. The Labute approximate surface area is 189 Å². The van der Waals surface area contributed by atoms with Crippen LogP contribution in [-0.4, -0.2) is 44.9 Å². The lowest BCUT2D eigenvalue weighted by Gasteiger charge is -2.21. The van der Waals surface area contributed by atoms with Crippen LogP contribution in [-0.2, 0) is 14.8 Å². The van der Waals surface area contributed by atoms with Gasteiger partial charge in [-0.15, -0.1) is 0 Å². The number of hydrogen-bond acceptors (Lipinski definition) is 5. The molecule has 2 rings (SSSR count). The number of hydrogen-bond donors (Lipinski definition) is 2. The summed E-state index contributed by atoms with van der Waals surface area (Å²) in [6.07, 6.45) is 0. The molecule has 0 saturated heterocycles. The van der Waals surface area contributed by atoms with E-state index < -0.39 is 10.0 Å². The monoisotopic (exact) mass is 467 g/mol. The van der Waals surface area contributed by atoms with E-state index in [1.807, 2.05) is 25.1 Å². The molecule has 1 amide bonds. The number of benzene rings is 2. The predicted molar refractivity (Wildman–Crippen MR) is 124 cm³/mol. The summed E-state index contributed by atoms with van der Waals surface area (Å²) in [5.74, 6) is -0.0351. The normalized spacial score (nSPS) is 12.6. The van der Waals surface area contributed by atoms with Gasteiger partial charge in [0.25, 0.3) is 0 Å². The molecule has 31 heavy (non-hydrogen) atoms.